The lowest BCUT2D eigenvalue weighted by atomic mass is 10.1. The van der Waals surface area contributed by atoms with E-state index >= 15 is 0 Å². The van der Waals surface area contributed by atoms with E-state index in [-0.39, 0.29) is 16.6 Å². The van der Waals surface area contributed by atoms with Crippen molar-refractivity contribution in [3.05, 3.63) is 108 Å². The van der Waals surface area contributed by atoms with Crippen LogP contribution in [0, 0.1) is 0 Å². The van der Waals surface area contributed by atoms with Crippen LogP contribution in [-0.4, -0.2) is 55.3 Å². The minimum atomic E-state index is -3.59. The van der Waals surface area contributed by atoms with Gasteiger partial charge in [-0.1, -0.05) is 60.7 Å². The number of hydrogen-bond donors (Lipinski definition) is 0. The molecule has 1 aliphatic rings. The fourth-order valence-electron chi connectivity index (χ4n) is 4.81. The van der Waals surface area contributed by atoms with Crippen molar-refractivity contribution in [2.24, 2.45) is 0 Å². The van der Waals surface area contributed by atoms with Gasteiger partial charge < -0.3 is 4.90 Å². The molecule has 3 aromatic carbocycles. The van der Waals surface area contributed by atoms with Crippen molar-refractivity contribution < 1.29 is 13.2 Å². The van der Waals surface area contributed by atoms with E-state index in [2.05, 4.69) is 41.1 Å². The molecule has 1 unspecified atom stereocenters. The molecule has 0 bridgehead atoms. The molecule has 1 aliphatic heterocycles. The monoisotopic (exact) mass is 499 g/mol. The van der Waals surface area contributed by atoms with Crippen molar-refractivity contribution in [3.63, 3.8) is 0 Å². The summed E-state index contributed by atoms with van der Waals surface area (Å²) in [5.41, 5.74) is 2.98. The number of benzene rings is 3. The summed E-state index contributed by atoms with van der Waals surface area (Å²) in [5, 5.41) is 0.790. The van der Waals surface area contributed by atoms with E-state index in [0.717, 1.165) is 18.5 Å². The molecule has 4 aromatic rings. The lowest BCUT2D eigenvalue weighted by Crippen LogP contribution is -2.49. The van der Waals surface area contributed by atoms with Gasteiger partial charge in [0.25, 0.3) is 5.91 Å². The van der Waals surface area contributed by atoms with Crippen molar-refractivity contribution in [2.45, 2.75) is 23.6 Å². The summed E-state index contributed by atoms with van der Waals surface area (Å²) in [6, 6.07) is 26.5. The maximum atomic E-state index is 13.2. The molecule has 7 heteroatoms. The Morgan fingerprint density at radius 2 is 1.56 bits per heavy atom. The number of piperazine rings is 1. The summed E-state index contributed by atoms with van der Waals surface area (Å²) in [4.78, 5) is 21.9. The Labute approximate surface area is 212 Å². The Bertz CT molecular complexity index is 1460. The molecule has 0 saturated carbocycles. The van der Waals surface area contributed by atoms with Crippen LogP contribution in [0.1, 0.15) is 34.5 Å². The van der Waals surface area contributed by atoms with Crippen LogP contribution in [0.25, 0.3) is 10.9 Å². The maximum Gasteiger partial charge on any atom is 0.253 e. The number of nitrogens with zero attached hydrogens (tertiary/aromatic N) is 3. The van der Waals surface area contributed by atoms with Gasteiger partial charge in [0.1, 0.15) is 0 Å². The third kappa shape index (κ3) is 5.03. The molecule has 1 saturated heterocycles. The van der Waals surface area contributed by atoms with E-state index in [9.17, 15) is 13.2 Å². The number of carbonyl (C=O) groups is 1. The van der Waals surface area contributed by atoms with Crippen LogP contribution < -0.4 is 0 Å². The topological polar surface area (TPSA) is 70.6 Å². The molecule has 1 fully saturated rings. The highest BCUT2D eigenvalue weighted by molar-refractivity contribution is 7.90. The normalized spacial score (nSPS) is 15.6. The number of aromatic nitrogens is 1. The van der Waals surface area contributed by atoms with E-state index in [1.54, 1.807) is 48.7 Å². The van der Waals surface area contributed by atoms with Gasteiger partial charge in [-0.05, 0) is 42.3 Å². The molecule has 1 atom stereocenters. The van der Waals surface area contributed by atoms with Crippen molar-refractivity contribution in [2.75, 3.05) is 26.2 Å². The number of para-hydroxylation sites is 1. The zero-order valence-electron chi connectivity index (χ0n) is 20.2. The average molecular weight is 500 g/mol. The number of fused-ring (bicyclic) bond motifs is 1. The third-order valence-corrected chi connectivity index (χ3v) is 8.63. The van der Waals surface area contributed by atoms with E-state index in [1.807, 2.05) is 23.1 Å². The van der Waals surface area contributed by atoms with Crippen LogP contribution in [0.2, 0.25) is 0 Å². The number of sulfone groups is 1. The Morgan fingerprint density at radius 3 is 2.28 bits per heavy atom. The maximum absolute atomic E-state index is 13.2. The highest BCUT2D eigenvalue weighted by Crippen LogP contribution is 2.25. The molecule has 0 aliphatic carbocycles. The van der Waals surface area contributed by atoms with Gasteiger partial charge >= 0.3 is 0 Å². The van der Waals surface area contributed by atoms with Crippen LogP contribution in [-0.2, 0) is 15.6 Å². The minimum Gasteiger partial charge on any atom is -0.336 e. The Morgan fingerprint density at radius 1 is 0.861 bits per heavy atom. The Balaban J connectivity index is 1.23. The fourth-order valence-corrected chi connectivity index (χ4v) is 6.34. The van der Waals surface area contributed by atoms with Crippen LogP contribution in [0.3, 0.4) is 0 Å². The summed E-state index contributed by atoms with van der Waals surface area (Å²) in [6.07, 6.45) is 1.60. The Kier molecular flexibility index (Phi) is 6.85. The summed E-state index contributed by atoms with van der Waals surface area (Å²) in [7, 11) is -3.59. The second-order valence-corrected chi connectivity index (χ2v) is 11.2. The van der Waals surface area contributed by atoms with Gasteiger partial charge in [0.15, 0.2) is 9.84 Å². The van der Waals surface area contributed by atoms with Crippen LogP contribution in [0.5, 0.6) is 0 Å². The first-order valence-electron chi connectivity index (χ1n) is 12.2. The molecule has 2 heterocycles. The summed E-state index contributed by atoms with van der Waals surface area (Å²) in [5.74, 6) is -0.164. The van der Waals surface area contributed by atoms with E-state index in [4.69, 9.17) is 0 Å². The highest BCUT2D eigenvalue weighted by Gasteiger charge is 2.26. The molecule has 0 radical (unpaired) electrons. The first kappa shape index (κ1) is 24.2. The van der Waals surface area contributed by atoms with Gasteiger partial charge in [-0.3, -0.25) is 14.7 Å². The van der Waals surface area contributed by atoms with Crippen LogP contribution >= 0.6 is 0 Å². The van der Waals surface area contributed by atoms with Gasteiger partial charge in [0.05, 0.1) is 16.2 Å². The molecule has 184 valence electrons. The quantitative estimate of drug-likeness (QED) is 0.384. The molecule has 6 nitrogen and oxygen atoms in total. The lowest BCUT2D eigenvalue weighted by Gasteiger charge is -2.38. The molecule has 0 spiro atoms. The highest BCUT2D eigenvalue weighted by atomic mass is 32.2. The van der Waals surface area contributed by atoms with E-state index in [0.29, 0.717) is 35.8 Å². The molecular formula is C29H29N3O3S. The van der Waals surface area contributed by atoms with Crippen molar-refractivity contribution in [1.82, 2.24) is 14.8 Å². The zero-order chi connectivity index (χ0) is 25.1. The summed E-state index contributed by atoms with van der Waals surface area (Å²) in [6.45, 7) is 5.17. The van der Waals surface area contributed by atoms with Gasteiger partial charge in [-0.2, -0.15) is 0 Å². The van der Waals surface area contributed by atoms with E-state index in [1.165, 1.54) is 5.56 Å². The molecule has 36 heavy (non-hydrogen) atoms. The number of carbonyl (C=O) groups excluding carboxylic acids is 1. The predicted octanol–water partition coefficient (Wildman–Crippen LogP) is 4.73. The number of rotatable bonds is 6. The number of hydrogen-bond acceptors (Lipinski definition) is 5. The Hall–Kier alpha value is -3.55. The third-order valence-electron chi connectivity index (χ3n) is 6.92. The van der Waals surface area contributed by atoms with Crippen molar-refractivity contribution >= 4 is 26.6 Å². The zero-order valence-corrected chi connectivity index (χ0v) is 21.1. The number of amides is 1. The first-order valence-corrected chi connectivity index (χ1v) is 13.8. The lowest BCUT2D eigenvalue weighted by molar-refractivity contribution is 0.0582. The van der Waals surface area contributed by atoms with Crippen molar-refractivity contribution in [1.29, 1.82) is 0 Å². The van der Waals surface area contributed by atoms with Crippen molar-refractivity contribution in [3.8, 4) is 0 Å². The number of pyridine rings is 1. The minimum absolute atomic E-state index is 0.0188. The van der Waals surface area contributed by atoms with Crippen LogP contribution in [0.15, 0.2) is 96.0 Å². The average Bonchev–Trinajstić information content (AvgIpc) is 2.93. The first-order chi connectivity index (χ1) is 17.4. The largest absolute Gasteiger partial charge is 0.336 e. The second-order valence-electron chi connectivity index (χ2n) is 9.20. The van der Waals surface area contributed by atoms with Gasteiger partial charge in [-0.15, -0.1) is 0 Å². The summed E-state index contributed by atoms with van der Waals surface area (Å²) >= 11 is 0. The molecule has 1 amide bonds. The molecule has 1 aromatic heterocycles. The van der Waals surface area contributed by atoms with Gasteiger partial charge in [-0.25, -0.2) is 8.42 Å². The van der Waals surface area contributed by atoms with Gasteiger partial charge in [0.2, 0.25) is 0 Å². The van der Waals surface area contributed by atoms with Gasteiger partial charge in [0, 0.05) is 49.4 Å². The second kappa shape index (κ2) is 10.2. The predicted molar refractivity (Wildman–Crippen MR) is 141 cm³/mol. The molecular weight excluding hydrogens is 470 g/mol. The molecule has 5 rings (SSSR count). The van der Waals surface area contributed by atoms with E-state index < -0.39 is 9.84 Å². The van der Waals surface area contributed by atoms with Crippen LogP contribution in [0.4, 0.5) is 0 Å². The summed E-state index contributed by atoms with van der Waals surface area (Å²) < 4.78 is 26.3. The fraction of sp³-hybridized carbons (Fsp3) is 0.241. The SMILES string of the molecule is CC(c1ccccc1)N1CCN(C(=O)c2ccc(CS(=O)(=O)c3cccc4cccnc34)cc2)CC1. The molecule has 0 N–H and O–H groups in total. The standard InChI is InChI=1S/C29H29N3O3S/c1-22(24-7-3-2-4-8-24)31-17-19-32(20-18-31)29(33)26-14-12-23(13-15-26)21-36(34,35)27-11-5-9-25-10-6-16-30-28(25)27/h2-16,22H,17-21H2,1H3. The smallest absolute Gasteiger partial charge is 0.253 e.